The van der Waals surface area contributed by atoms with Gasteiger partial charge in [-0.25, -0.2) is 0 Å². The Bertz CT molecular complexity index is 532. The van der Waals surface area contributed by atoms with Crippen LogP contribution in [0.25, 0.3) is 6.08 Å². The zero-order valence-corrected chi connectivity index (χ0v) is 9.27. The van der Waals surface area contributed by atoms with Gasteiger partial charge in [0.25, 0.3) is 0 Å². The van der Waals surface area contributed by atoms with Crippen LogP contribution in [0.2, 0.25) is 0 Å². The van der Waals surface area contributed by atoms with Crippen molar-refractivity contribution < 1.29 is 0 Å². The molecule has 0 fully saturated rings. The van der Waals surface area contributed by atoms with Crippen LogP contribution in [-0.2, 0) is 0 Å². The summed E-state index contributed by atoms with van der Waals surface area (Å²) in [7, 11) is 0. The SMILES string of the molecule is Cc1ccc([C]2C=Cc3ccccc32)cc1. The van der Waals surface area contributed by atoms with E-state index in [0.29, 0.717) is 0 Å². The molecule has 1 aliphatic carbocycles. The second-order valence-electron chi connectivity index (χ2n) is 4.20. The highest BCUT2D eigenvalue weighted by Crippen LogP contribution is 2.34. The van der Waals surface area contributed by atoms with Crippen LogP contribution in [0.1, 0.15) is 22.3 Å². The van der Waals surface area contributed by atoms with Gasteiger partial charge in [-0.05, 0) is 23.6 Å². The molecule has 0 unspecified atom stereocenters. The summed E-state index contributed by atoms with van der Waals surface area (Å²) in [4.78, 5) is 0. The van der Waals surface area contributed by atoms with Crippen molar-refractivity contribution in [2.45, 2.75) is 6.92 Å². The minimum Gasteiger partial charge on any atom is -0.0674 e. The van der Waals surface area contributed by atoms with Gasteiger partial charge in [-0.1, -0.05) is 66.2 Å². The summed E-state index contributed by atoms with van der Waals surface area (Å²) < 4.78 is 0. The first-order chi connectivity index (χ1) is 7.84. The van der Waals surface area contributed by atoms with Crippen molar-refractivity contribution in [3.8, 4) is 0 Å². The number of rotatable bonds is 1. The van der Waals surface area contributed by atoms with Gasteiger partial charge in [0.1, 0.15) is 0 Å². The molecule has 0 aromatic heterocycles. The van der Waals surface area contributed by atoms with Gasteiger partial charge in [0.15, 0.2) is 0 Å². The highest BCUT2D eigenvalue weighted by Gasteiger charge is 2.18. The summed E-state index contributed by atoms with van der Waals surface area (Å²) in [6.45, 7) is 2.12. The maximum atomic E-state index is 2.20. The number of benzene rings is 2. The first kappa shape index (κ1) is 9.41. The lowest BCUT2D eigenvalue weighted by molar-refractivity contribution is 1.30. The Kier molecular flexibility index (Phi) is 2.14. The lowest BCUT2D eigenvalue weighted by Gasteiger charge is -2.10. The summed E-state index contributed by atoms with van der Waals surface area (Å²) in [6, 6.07) is 17.2. The molecule has 0 N–H and O–H groups in total. The molecule has 2 aromatic carbocycles. The molecular weight excluding hydrogens is 192 g/mol. The van der Waals surface area contributed by atoms with Gasteiger partial charge in [-0.15, -0.1) is 0 Å². The monoisotopic (exact) mass is 205 g/mol. The third-order valence-corrected chi connectivity index (χ3v) is 3.04. The number of aryl methyl sites for hydroxylation is 1. The second-order valence-corrected chi connectivity index (χ2v) is 4.20. The molecule has 77 valence electrons. The molecule has 0 aliphatic heterocycles. The van der Waals surface area contributed by atoms with Crippen molar-refractivity contribution in [3.05, 3.63) is 82.8 Å². The van der Waals surface area contributed by atoms with Gasteiger partial charge in [-0.3, -0.25) is 0 Å². The van der Waals surface area contributed by atoms with Gasteiger partial charge < -0.3 is 0 Å². The number of allylic oxidation sites excluding steroid dienone is 1. The molecule has 2 aromatic rings. The number of fused-ring (bicyclic) bond motifs is 1. The minimum absolute atomic E-state index is 1.30. The van der Waals surface area contributed by atoms with Crippen LogP contribution in [0.15, 0.2) is 54.6 Å². The summed E-state index contributed by atoms with van der Waals surface area (Å²) >= 11 is 0. The molecule has 1 aliphatic rings. The number of hydrogen-bond acceptors (Lipinski definition) is 0. The molecular formula is C16H13. The zero-order valence-electron chi connectivity index (χ0n) is 9.27. The van der Waals surface area contributed by atoms with Crippen LogP contribution in [-0.4, -0.2) is 0 Å². The van der Waals surface area contributed by atoms with E-state index in [0.717, 1.165) is 0 Å². The van der Waals surface area contributed by atoms with E-state index in [1.165, 1.54) is 28.2 Å². The van der Waals surface area contributed by atoms with Gasteiger partial charge in [-0.2, -0.15) is 0 Å². The standard InChI is InChI=1S/C16H13/c1-12-6-8-14(9-7-12)16-11-10-13-4-2-3-5-15(13)16/h2-11H,1H3. The minimum atomic E-state index is 1.30. The van der Waals surface area contributed by atoms with E-state index in [2.05, 4.69) is 67.6 Å². The quantitative estimate of drug-likeness (QED) is 0.660. The van der Waals surface area contributed by atoms with Crippen molar-refractivity contribution in [2.75, 3.05) is 0 Å². The van der Waals surface area contributed by atoms with Crippen molar-refractivity contribution in [3.63, 3.8) is 0 Å². The summed E-state index contributed by atoms with van der Waals surface area (Å²) in [6.07, 6.45) is 4.39. The van der Waals surface area contributed by atoms with E-state index in [4.69, 9.17) is 0 Å². The first-order valence-electron chi connectivity index (χ1n) is 5.56. The predicted octanol–water partition coefficient (Wildman–Crippen LogP) is 3.99. The Balaban J connectivity index is 2.05. The molecule has 0 heteroatoms. The van der Waals surface area contributed by atoms with Crippen LogP contribution in [0, 0.1) is 12.8 Å². The van der Waals surface area contributed by atoms with Gasteiger partial charge in [0.2, 0.25) is 0 Å². The Hall–Kier alpha value is -1.82. The van der Waals surface area contributed by atoms with E-state index >= 15 is 0 Å². The van der Waals surface area contributed by atoms with E-state index in [9.17, 15) is 0 Å². The fourth-order valence-corrected chi connectivity index (χ4v) is 2.14. The summed E-state index contributed by atoms with van der Waals surface area (Å²) in [5, 5.41) is 0. The maximum Gasteiger partial charge on any atom is 0.0563 e. The molecule has 0 nitrogen and oxygen atoms in total. The van der Waals surface area contributed by atoms with E-state index in [1.807, 2.05) is 0 Å². The molecule has 16 heavy (non-hydrogen) atoms. The lowest BCUT2D eigenvalue weighted by Crippen LogP contribution is -1.96. The highest BCUT2D eigenvalue weighted by atomic mass is 14.2. The highest BCUT2D eigenvalue weighted by molar-refractivity contribution is 5.73. The Morgan fingerprint density at radius 2 is 1.50 bits per heavy atom. The van der Waals surface area contributed by atoms with Crippen molar-refractivity contribution in [1.82, 2.24) is 0 Å². The third-order valence-electron chi connectivity index (χ3n) is 3.04. The van der Waals surface area contributed by atoms with Crippen LogP contribution in [0.4, 0.5) is 0 Å². The zero-order chi connectivity index (χ0) is 11.0. The van der Waals surface area contributed by atoms with Gasteiger partial charge in [0, 0.05) is 0 Å². The van der Waals surface area contributed by atoms with E-state index in [-0.39, 0.29) is 0 Å². The molecule has 0 bridgehead atoms. The summed E-state index contributed by atoms with van der Waals surface area (Å²) in [5.41, 5.74) is 5.26. The average Bonchev–Trinajstić information content (AvgIpc) is 2.74. The summed E-state index contributed by atoms with van der Waals surface area (Å²) in [5.74, 6) is 1.33. The van der Waals surface area contributed by atoms with Gasteiger partial charge in [0.05, 0.1) is 5.92 Å². The Labute approximate surface area is 96.3 Å². The number of hydrogen-bond donors (Lipinski definition) is 0. The molecule has 3 rings (SSSR count). The Morgan fingerprint density at radius 1 is 0.750 bits per heavy atom. The largest absolute Gasteiger partial charge is 0.0674 e. The Morgan fingerprint density at radius 3 is 2.31 bits per heavy atom. The molecule has 0 heterocycles. The van der Waals surface area contributed by atoms with E-state index in [1.54, 1.807) is 0 Å². The second kappa shape index (κ2) is 3.64. The van der Waals surface area contributed by atoms with Crippen molar-refractivity contribution >= 4 is 6.08 Å². The molecule has 0 amide bonds. The fraction of sp³-hybridized carbons (Fsp3) is 0.0625. The predicted molar refractivity (Wildman–Crippen MR) is 68.1 cm³/mol. The average molecular weight is 205 g/mol. The molecule has 0 saturated heterocycles. The first-order valence-corrected chi connectivity index (χ1v) is 5.56. The van der Waals surface area contributed by atoms with Gasteiger partial charge >= 0.3 is 0 Å². The molecule has 0 saturated carbocycles. The maximum absolute atomic E-state index is 2.20. The fourth-order valence-electron chi connectivity index (χ4n) is 2.14. The van der Waals surface area contributed by atoms with Crippen molar-refractivity contribution in [1.29, 1.82) is 0 Å². The van der Waals surface area contributed by atoms with Crippen molar-refractivity contribution in [2.24, 2.45) is 0 Å². The van der Waals surface area contributed by atoms with Crippen LogP contribution in [0.5, 0.6) is 0 Å². The molecule has 0 atom stereocenters. The third kappa shape index (κ3) is 1.47. The normalized spacial score (nSPS) is 14.1. The molecule has 0 spiro atoms. The van der Waals surface area contributed by atoms with E-state index < -0.39 is 0 Å². The lowest BCUT2D eigenvalue weighted by atomic mass is 9.93. The smallest absolute Gasteiger partial charge is 0.0563 e. The molecule has 1 radical (unpaired) electrons. The topological polar surface area (TPSA) is 0 Å². The van der Waals surface area contributed by atoms with Crippen LogP contribution in [0.3, 0.4) is 0 Å². The van der Waals surface area contributed by atoms with Crippen LogP contribution < -0.4 is 0 Å². The van der Waals surface area contributed by atoms with Crippen LogP contribution >= 0.6 is 0 Å².